The Morgan fingerprint density at radius 1 is 1.26 bits per heavy atom. The number of cyclic esters (lactones) is 1. The lowest BCUT2D eigenvalue weighted by Gasteiger charge is -2.31. The number of ether oxygens (including phenoxy) is 2. The molecule has 0 aromatic heterocycles. The number of para-hydroxylation sites is 1. The first-order valence-electron chi connectivity index (χ1n) is 10.6. The summed E-state index contributed by atoms with van der Waals surface area (Å²) >= 11 is 0. The van der Waals surface area contributed by atoms with Crippen LogP contribution in [0, 0.1) is 0 Å². The van der Waals surface area contributed by atoms with Gasteiger partial charge in [0.1, 0.15) is 18.3 Å². The molecule has 1 aromatic rings. The van der Waals surface area contributed by atoms with E-state index in [4.69, 9.17) is 10.5 Å². The van der Waals surface area contributed by atoms with E-state index in [2.05, 4.69) is 15.4 Å². The number of methoxy groups -OCH3 is 1. The molecule has 0 bridgehead atoms. The van der Waals surface area contributed by atoms with Crippen LogP contribution in [0.25, 0.3) is 0 Å². The molecule has 3 rings (SSSR count). The highest BCUT2D eigenvalue weighted by atomic mass is 16.6. The number of carbonyl (C=O) groups is 5. The highest BCUT2D eigenvalue weighted by Crippen LogP contribution is 2.22. The van der Waals surface area contributed by atoms with Crippen molar-refractivity contribution in [3.05, 3.63) is 41.5 Å². The van der Waals surface area contributed by atoms with Crippen LogP contribution in [0.4, 0.5) is 4.79 Å². The fourth-order valence-corrected chi connectivity index (χ4v) is 3.95. The maximum absolute atomic E-state index is 12.9. The van der Waals surface area contributed by atoms with E-state index in [0.717, 1.165) is 0 Å². The Bertz CT molecular complexity index is 1040. The maximum atomic E-state index is 12.9. The molecule has 0 radical (unpaired) electrons. The number of quaternary nitrogens is 1. The Kier molecular flexibility index (Phi) is 7.64. The number of amides is 5. The van der Waals surface area contributed by atoms with E-state index in [1.54, 1.807) is 30.3 Å². The van der Waals surface area contributed by atoms with Crippen LogP contribution < -0.4 is 21.1 Å². The lowest BCUT2D eigenvalue weighted by molar-refractivity contribution is -0.758. The number of allylic oxidation sites excluding steroid dienone is 1. The SMILES string of the molecule is COc1ccccc1C(=O)NCC1=CCCC(=O)[N@@+](CC(=O)NC2CC(=O)OC2O)(C(N)=O)C1. The Morgan fingerprint density at radius 2 is 2.00 bits per heavy atom. The smallest absolute Gasteiger partial charge is 0.422 e. The Labute approximate surface area is 195 Å². The predicted molar refractivity (Wildman–Crippen MR) is 116 cm³/mol. The molecule has 3 atom stereocenters. The second kappa shape index (κ2) is 10.4. The molecule has 1 aromatic carbocycles. The first-order chi connectivity index (χ1) is 16.2. The number of nitrogens with zero attached hydrogens (tertiary/aromatic N) is 1. The van der Waals surface area contributed by atoms with Crippen LogP contribution in [-0.2, 0) is 19.1 Å². The lowest BCUT2D eigenvalue weighted by Crippen LogP contribution is -2.64. The number of aliphatic hydroxyl groups excluding tert-OH is 1. The van der Waals surface area contributed by atoms with Crippen LogP contribution in [0.1, 0.15) is 29.6 Å². The van der Waals surface area contributed by atoms with Gasteiger partial charge in [-0.3, -0.25) is 14.4 Å². The van der Waals surface area contributed by atoms with Crippen molar-refractivity contribution in [1.82, 2.24) is 10.6 Å². The quantitative estimate of drug-likeness (QED) is 0.228. The van der Waals surface area contributed by atoms with E-state index in [1.165, 1.54) is 7.11 Å². The van der Waals surface area contributed by atoms with Gasteiger partial charge in [0.05, 0.1) is 25.5 Å². The van der Waals surface area contributed by atoms with E-state index in [9.17, 15) is 29.1 Å². The van der Waals surface area contributed by atoms with Gasteiger partial charge in [-0.05, 0) is 18.6 Å². The molecular formula is C22H27N4O8+. The second-order valence-corrected chi connectivity index (χ2v) is 8.06. The number of nitrogens with two attached hydrogens (primary N) is 1. The van der Waals surface area contributed by atoms with Crippen molar-refractivity contribution in [3.8, 4) is 5.75 Å². The third-order valence-corrected chi connectivity index (χ3v) is 5.73. The van der Waals surface area contributed by atoms with Gasteiger partial charge in [0.2, 0.25) is 6.29 Å². The number of hydrogen-bond acceptors (Lipinski definition) is 8. The van der Waals surface area contributed by atoms with Gasteiger partial charge in [0.25, 0.3) is 11.8 Å². The number of primary amides is 1. The largest absolute Gasteiger partial charge is 0.496 e. The van der Waals surface area contributed by atoms with Gasteiger partial charge >= 0.3 is 17.9 Å². The van der Waals surface area contributed by atoms with Gasteiger partial charge in [-0.2, -0.15) is 4.48 Å². The first kappa shape index (κ1) is 24.9. The monoisotopic (exact) mass is 475 g/mol. The van der Waals surface area contributed by atoms with Crippen molar-refractivity contribution >= 4 is 29.7 Å². The second-order valence-electron chi connectivity index (χ2n) is 8.06. The molecule has 2 heterocycles. The number of imide groups is 1. The summed E-state index contributed by atoms with van der Waals surface area (Å²) in [6.45, 7) is -0.817. The third kappa shape index (κ3) is 5.41. The molecule has 2 aliphatic rings. The van der Waals surface area contributed by atoms with Gasteiger partial charge in [-0.25, -0.2) is 9.59 Å². The number of aliphatic hydroxyl groups is 1. The Hall–Kier alpha value is -3.77. The average molecular weight is 475 g/mol. The number of hydrogen-bond donors (Lipinski definition) is 4. The molecule has 0 saturated carbocycles. The van der Waals surface area contributed by atoms with Crippen molar-refractivity contribution < 1.29 is 43.0 Å². The van der Waals surface area contributed by atoms with Gasteiger partial charge in [0.15, 0.2) is 6.54 Å². The highest BCUT2D eigenvalue weighted by molar-refractivity contribution is 5.97. The number of urea groups is 1. The van der Waals surface area contributed by atoms with Crippen LogP contribution in [0.3, 0.4) is 0 Å². The normalized spacial score (nSPS) is 24.5. The van der Waals surface area contributed by atoms with Crippen molar-refractivity contribution in [2.75, 3.05) is 26.7 Å². The molecule has 1 fully saturated rings. The zero-order chi connectivity index (χ0) is 24.9. The van der Waals surface area contributed by atoms with Gasteiger partial charge < -0.3 is 30.9 Å². The average Bonchev–Trinajstić information content (AvgIpc) is 3.02. The van der Waals surface area contributed by atoms with Crippen LogP contribution in [0.15, 0.2) is 35.9 Å². The van der Waals surface area contributed by atoms with Gasteiger partial charge in [-0.15, -0.1) is 0 Å². The summed E-state index contributed by atoms with van der Waals surface area (Å²) in [5.41, 5.74) is 6.45. The third-order valence-electron chi connectivity index (χ3n) is 5.73. The summed E-state index contributed by atoms with van der Waals surface area (Å²) in [6.07, 6.45) is 0.246. The minimum Gasteiger partial charge on any atom is -0.496 e. The summed E-state index contributed by atoms with van der Waals surface area (Å²) in [5.74, 6) is -2.01. The summed E-state index contributed by atoms with van der Waals surface area (Å²) in [6, 6.07) is 4.64. The Balaban J connectivity index is 1.72. The molecule has 5 N–H and O–H groups in total. The summed E-state index contributed by atoms with van der Waals surface area (Å²) < 4.78 is 8.79. The van der Waals surface area contributed by atoms with Crippen molar-refractivity contribution in [1.29, 1.82) is 0 Å². The molecule has 5 amide bonds. The first-order valence-corrected chi connectivity index (χ1v) is 10.6. The summed E-state index contributed by atoms with van der Waals surface area (Å²) in [5, 5.41) is 14.8. The summed E-state index contributed by atoms with van der Waals surface area (Å²) in [4.78, 5) is 61.9. The lowest BCUT2D eigenvalue weighted by atomic mass is 10.1. The van der Waals surface area contributed by atoms with E-state index in [0.29, 0.717) is 23.3 Å². The van der Waals surface area contributed by atoms with Crippen LogP contribution in [-0.4, -0.2) is 78.4 Å². The molecule has 2 aliphatic heterocycles. The van der Waals surface area contributed by atoms with E-state index >= 15 is 0 Å². The zero-order valence-corrected chi connectivity index (χ0v) is 18.6. The minimum atomic E-state index is -1.51. The van der Waals surface area contributed by atoms with Gasteiger partial charge in [0, 0.05) is 12.1 Å². The van der Waals surface area contributed by atoms with Crippen LogP contribution >= 0.6 is 0 Å². The van der Waals surface area contributed by atoms with Crippen molar-refractivity contribution in [3.63, 3.8) is 0 Å². The number of benzene rings is 1. The maximum Gasteiger partial charge on any atom is 0.422 e. The van der Waals surface area contributed by atoms with E-state index in [1.807, 2.05) is 0 Å². The number of carbonyl (C=O) groups excluding carboxylic acids is 5. The molecule has 12 heteroatoms. The molecule has 34 heavy (non-hydrogen) atoms. The zero-order valence-electron chi connectivity index (χ0n) is 18.6. The predicted octanol–water partition coefficient (Wildman–Crippen LogP) is -0.683. The molecule has 12 nitrogen and oxygen atoms in total. The fraction of sp³-hybridized carbons (Fsp3) is 0.409. The van der Waals surface area contributed by atoms with Crippen LogP contribution in [0.5, 0.6) is 5.75 Å². The van der Waals surface area contributed by atoms with E-state index in [-0.39, 0.29) is 25.9 Å². The fourth-order valence-electron chi connectivity index (χ4n) is 3.95. The topological polar surface area (TPSA) is 174 Å². The van der Waals surface area contributed by atoms with Crippen molar-refractivity contribution in [2.45, 2.75) is 31.6 Å². The van der Waals surface area contributed by atoms with E-state index < -0.39 is 53.1 Å². The molecule has 2 unspecified atom stereocenters. The summed E-state index contributed by atoms with van der Waals surface area (Å²) in [7, 11) is 1.45. The Morgan fingerprint density at radius 3 is 2.65 bits per heavy atom. The molecular weight excluding hydrogens is 448 g/mol. The molecule has 0 aliphatic carbocycles. The molecule has 1 saturated heterocycles. The minimum absolute atomic E-state index is 0.0166. The molecule has 182 valence electrons. The standard InChI is InChI=1S/C22H26N4O8/c1-33-16-7-3-2-6-14(16)20(30)24-10-13-5-4-8-18(28)26(11-13,22(23)32)12-17(27)25-15-9-19(29)34-21(15)31/h2-3,5-7,15,21,31H,4,8-12H2,1H3,(H3-,23,24,25,27,30,32)/p+1/t15?,21?,26-/m1/s1. The number of rotatable bonds is 7. The number of esters is 1. The number of nitrogens with one attached hydrogen (secondary N) is 2. The molecule has 0 spiro atoms. The van der Waals surface area contributed by atoms with Crippen molar-refractivity contribution in [2.24, 2.45) is 5.73 Å². The van der Waals surface area contributed by atoms with Crippen LogP contribution in [0.2, 0.25) is 0 Å². The highest BCUT2D eigenvalue weighted by Gasteiger charge is 2.47. The van der Waals surface area contributed by atoms with Gasteiger partial charge in [-0.1, -0.05) is 18.2 Å².